The van der Waals surface area contributed by atoms with Crippen LogP contribution in [0.3, 0.4) is 0 Å². The van der Waals surface area contributed by atoms with Gasteiger partial charge in [0.1, 0.15) is 10.6 Å². The molecule has 2 N–H and O–H groups in total. The predicted molar refractivity (Wildman–Crippen MR) is 67.8 cm³/mol. The molecule has 0 aromatic carbocycles. The number of nitrogens with one attached hydrogen (secondary N) is 1. The van der Waals surface area contributed by atoms with Gasteiger partial charge < -0.3 is 15.2 Å². The van der Waals surface area contributed by atoms with Crippen LogP contribution in [0.1, 0.15) is 20.2 Å². The van der Waals surface area contributed by atoms with Crippen molar-refractivity contribution in [2.24, 2.45) is 0 Å². The van der Waals surface area contributed by atoms with E-state index >= 15 is 0 Å². The Morgan fingerprint density at radius 1 is 1.37 bits per heavy atom. The minimum Gasteiger partial charge on any atom is -0.495 e. The van der Waals surface area contributed by atoms with E-state index in [1.165, 1.54) is 30.8 Å². The fourth-order valence-corrected chi connectivity index (χ4v) is 2.13. The van der Waals surface area contributed by atoms with Gasteiger partial charge in [0.25, 0.3) is 5.91 Å². The Hall–Kier alpha value is -2.48. The van der Waals surface area contributed by atoms with Crippen LogP contribution < -0.4 is 10.1 Å². The molecular weight excluding hydrogens is 270 g/mol. The lowest BCUT2D eigenvalue weighted by Gasteiger charge is -2.06. The van der Waals surface area contributed by atoms with Crippen molar-refractivity contribution in [3.05, 3.63) is 34.4 Å². The average molecular weight is 279 g/mol. The number of aromatic nitrogens is 2. The first-order chi connectivity index (χ1) is 9.13. The number of thiophene rings is 1. The summed E-state index contributed by atoms with van der Waals surface area (Å²) in [6.45, 7) is 0. The lowest BCUT2D eigenvalue weighted by Crippen LogP contribution is -2.16. The Balaban J connectivity index is 2.27. The molecule has 0 saturated heterocycles. The summed E-state index contributed by atoms with van der Waals surface area (Å²) in [5.41, 5.74) is -0.314. The molecule has 0 saturated carbocycles. The lowest BCUT2D eigenvalue weighted by molar-refractivity contribution is 0.0691. The molecular formula is C11H9N3O4S. The highest BCUT2D eigenvalue weighted by Gasteiger charge is 2.19. The van der Waals surface area contributed by atoms with E-state index in [-0.39, 0.29) is 11.5 Å². The molecule has 2 heterocycles. The van der Waals surface area contributed by atoms with Crippen LogP contribution >= 0.6 is 11.3 Å². The molecule has 2 rings (SSSR count). The number of ether oxygens (including phenoxy) is 1. The summed E-state index contributed by atoms with van der Waals surface area (Å²) in [7, 11) is 1.45. The highest BCUT2D eigenvalue weighted by molar-refractivity contribution is 7.12. The standard InChI is InChI=1S/C11H9N3O4S/c1-18-6-2-5-19-8(6)10(15)14-9-7(11(16)17)12-3-4-13-9/h2-5H,1H3,(H,16,17)(H,13,14,15). The summed E-state index contributed by atoms with van der Waals surface area (Å²) in [6, 6.07) is 1.65. The van der Waals surface area contributed by atoms with Crippen molar-refractivity contribution in [3.63, 3.8) is 0 Å². The second-order valence-corrected chi connectivity index (χ2v) is 4.25. The van der Waals surface area contributed by atoms with E-state index in [1.54, 1.807) is 11.4 Å². The highest BCUT2D eigenvalue weighted by atomic mass is 32.1. The molecule has 19 heavy (non-hydrogen) atoms. The normalized spacial score (nSPS) is 9.95. The number of carbonyl (C=O) groups excluding carboxylic acids is 1. The van der Waals surface area contributed by atoms with Gasteiger partial charge in [-0.2, -0.15) is 0 Å². The maximum Gasteiger partial charge on any atom is 0.358 e. The van der Waals surface area contributed by atoms with Gasteiger partial charge in [-0.15, -0.1) is 11.3 Å². The third kappa shape index (κ3) is 2.68. The molecule has 2 aromatic rings. The van der Waals surface area contributed by atoms with Crippen molar-refractivity contribution >= 4 is 29.0 Å². The largest absolute Gasteiger partial charge is 0.495 e. The maximum atomic E-state index is 12.0. The SMILES string of the molecule is COc1ccsc1C(=O)Nc1nccnc1C(=O)O. The third-order valence-electron chi connectivity index (χ3n) is 2.19. The van der Waals surface area contributed by atoms with Gasteiger partial charge >= 0.3 is 5.97 Å². The van der Waals surface area contributed by atoms with Crippen LogP contribution in [0.5, 0.6) is 5.75 Å². The van der Waals surface area contributed by atoms with Crippen molar-refractivity contribution in [1.82, 2.24) is 9.97 Å². The molecule has 0 unspecified atom stereocenters. The zero-order valence-corrected chi connectivity index (χ0v) is 10.6. The molecule has 0 aliphatic rings. The second kappa shape index (κ2) is 5.44. The third-order valence-corrected chi connectivity index (χ3v) is 3.08. The van der Waals surface area contributed by atoms with Crippen LogP contribution in [0.15, 0.2) is 23.8 Å². The number of nitrogens with zero attached hydrogens (tertiary/aromatic N) is 2. The molecule has 2 aromatic heterocycles. The molecule has 0 atom stereocenters. The number of carboxylic acids is 1. The van der Waals surface area contributed by atoms with Gasteiger partial charge in [0.05, 0.1) is 7.11 Å². The lowest BCUT2D eigenvalue weighted by atomic mass is 10.3. The van der Waals surface area contributed by atoms with Crippen molar-refractivity contribution in [1.29, 1.82) is 0 Å². The number of aromatic carboxylic acids is 1. The van der Waals surface area contributed by atoms with Gasteiger partial charge in [-0.3, -0.25) is 4.79 Å². The Labute approximate surface area is 111 Å². The number of anilines is 1. The molecule has 0 radical (unpaired) electrons. The monoisotopic (exact) mass is 279 g/mol. The van der Waals surface area contributed by atoms with Crippen LogP contribution in [-0.4, -0.2) is 34.1 Å². The Morgan fingerprint density at radius 2 is 2.11 bits per heavy atom. The summed E-state index contributed by atoms with van der Waals surface area (Å²) >= 11 is 1.18. The first-order valence-corrected chi connectivity index (χ1v) is 5.98. The number of carbonyl (C=O) groups is 2. The van der Waals surface area contributed by atoms with Gasteiger partial charge in [0.2, 0.25) is 0 Å². The number of rotatable bonds is 4. The van der Waals surface area contributed by atoms with Gasteiger partial charge in [-0.25, -0.2) is 14.8 Å². The molecule has 0 aliphatic heterocycles. The summed E-state index contributed by atoms with van der Waals surface area (Å²) < 4.78 is 5.02. The molecule has 8 heteroatoms. The molecule has 98 valence electrons. The van der Waals surface area contributed by atoms with Gasteiger partial charge in [-0.1, -0.05) is 0 Å². The second-order valence-electron chi connectivity index (χ2n) is 3.33. The predicted octanol–water partition coefficient (Wildman–Crippen LogP) is 1.50. The molecule has 0 bridgehead atoms. The Bertz CT molecular complexity index is 626. The maximum absolute atomic E-state index is 12.0. The number of methoxy groups -OCH3 is 1. The van der Waals surface area contributed by atoms with Crippen LogP contribution in [0.2, 0.25) is 0 Å². The summed E-state index contributed by atoms with van der Waals surface area (Å²) in [5.74, 6) is -1.44. The summed E-state index contributed by atoms with van der Waals surface area (Å²) in [5, 5.41) is 13.0. The molecule has 0 spiro atoms. The van der Waals surface area contributed by atoms with Crippen molar-refractivity contribution in [2.45, 2.75) is 0 Å². The van der Waals surface area contributed by atoms with Crippen LogP contribution in [0.4, 0.5) is 5.82 Å². The van der Waals surface area contributed by atoms with Gasteiger partial charge in [-0.05, 0) is 11.4 Å². The Morgan fingerprint density at radius 3 is 2.79 bits per heavy atom. The van der Waals surface area contributed by atoms with Crippen molar-refractivity contribution in [3.8, 4) is 5.75 Å². The zero-order valence-electron chi connectivity index (χ0n) is 9.78. The zero-order chi connectivity index (χ0) is 13.8. The number of hydrogen-bond acceptors (Lipinski definition) is 6. The quantitative estimate of drug-likeness (QED) is 0.879. The molecule has 0 aliphatic carbocycles. The fraction of sp³-hybridized carbons (Fsp3) is 0.0909. The topological polar surface area (TPSA) is 101 Å². The van der Waals surface area contributed by atoms with Crippen molar-refractivity contribution in [2.75, 3.05) is 12.4 Å². The van der Waals surface area contributed by atoms with E-state index in [0.717, 1.165) is 0 Å². The van der Waals surface area contributed by atoms with Gasteiger partial charge in [0.15, 0.2) is 11.5 Å². The highest BCUT2D eigenvalue weighted by Crippen LogP contribution is 2.25. The molecule has 0 fully saturated rings. The first-order valence-electron chi connectivity index (χ1n) is 5.10. The average Bonchev–Trinajstić information content (AvgIpc) is 2.87. The smallest absolute Gasteiger partial charge is 0.358 e. The Kier molecular flexibility index (Phi) is 3.71. The van der Waals surface area contributed by atoms with E-state index < -0.39 is 11.9 Å². The number of hydrogen-bond donors (Lipinski definition) is 2. The van der Waals surface area contributed by atoms with E-state index in [4.69, 9.17) is 9.84 Å². The summed E-state index contributed by atoms with van der Waals surface area (Å²) in [4.78, 5) is 30.7. The molecule has 7 nitrogen and oxygen atoms in total. The number of carboxylic acid groups (broad SMARTS) is 1. The summed E-state index contributed by atoms with van der Waals surface area (Å²) in [6.07, 6.45) is 2.54. The van der Waals surface area contributed by atoms with E-state index in [2.05, 4.69) is 15.3 Å². The van der Waals surface area contributed by atoms with Crippen LogP contribution in [0.25, 0.3) is 0 Å². The molecule has 1 amide bonds. The minimum absolute atomic E-state index is 0.101. The van der Waals surface area contributed by atoms with Crippen LogP contribution in [0, 0.1) is 0 Å². The van der Waals surface area contributed by atoms with E-state index in [1.807, 2.05) is 0 Å². The minimum atomic E-state index is -1.26. The number of amides is 1. The van der Waals surface area contributed by atoms with Gasteiger partial charge in [0, 0.05) is 12.4 Å². The van der Waals surface area contributed by atoms with Crippen LogP contribution in [-0.2, 0) is 0 Å². The first kappa shape index (κ1) is 13.0. The van der Waals surface area contributed by atoms with E-state index in [0.29, 0.717) is 10.6 Å². The van der Waals surface area contributed by atoms with Crippen molar-refractivity contribution < 1.29 is 19.4 Å². The fourth-order valence-electron chi connectivity index (χ4n) is 1.37. The van der Waals surface area contributed by atoms with E-state index in [9.17, 15) is 9.59 Å².